The molecule has 0 aliphatic heterocycles. The third kappa shape index (κ3) is 4.94. The molecule has 0 fully saturated rings. The standard InChI is InChI=1S/C10H14.CO2/c1-8(2)10-6-4-5-9(3)7-10;2-1-3/h4-8H,1-3H3;. The molecule has 0 aliphatic carbocycles. The first-order valence-electron chi connectivity index (χ1n) is 4.17. The minimum absolute atomic E-state index is 0.250. The Labute approximate surface area is 78.6 Å². The van der Waals surface area contributed by atoms with Crippen LogP contribution >= 0.6 is 0 Å². The Morgan fingerprint density at radius 2 is 1.77 bits per heavy atom. The molecule has 2 heteroatoms. The minimum atomic E-state index is 0.250. The van der Waals surface area contributed by atoms with Crippen LogP contribution in [0.5, 0.6) is 0 Å². The van der Waals surface area contributed by atoms with Crippen LogP contribution in [0, 0.1) is 6.92 Å². The van der Waals surface area contributed by atoms with Crippen LogP contribution in [-0.2, 0) is 9.59 Å². The van der Waals surface area contributed by atoms with Crippen molar-refractivity contribution in [2.24, 2.45) is 0 Å². The molecule has 70 valence electrons. The zero-order chi connectivity index (χ0) is 10.3. The van der Waals surface area contributed by atoms with Crippen LogP contribution in [0.3, 0.4) is 0 Å². The van der Waals surface area contributed by atoms with Crippen molar-refractivity contribution in [1.82, 2.24) is 0 Å². The molecule has 1 aromatic rings. The normalized spacial score (nSPS) is 8.62. The highest BCUT2D eigenvalue weighted by Gasteiger charge is 1.96. The van der Waals surface area contributed by atoms with Gasteiger partial charge in [0.2, 0.25) is 0 Å². The van der Waals surface area contributed by atoms with Crippen molar-refractivity contribution >= 4 is 6.15 Å². The third-order valence-electron chi connectivity index (χ3n) is 1.71. The second-order valence-corrected chi connectivity index (χ2v) is 3.15. The fourth-order valence-electron chi connectivity index (χ4n) is 1.03. The van der Waals surface area contributed by atoms with E-state index < -0.39 is 0 Å². The van der Waals surface area contributed by atoms with Crippen LogP contribution in [0.25, 0.3) is 0 Å². The molecular weight excluding hydrogens is 164 g/mol. The molecule has 0 atom stereocenters. The Morgan fingerprint density at radius 1 is 1.23 bits per heavy atom. The van der Waals surface area contributed by atoms with E-state index in [1.165, 1.54) is 11.1 Å². The Balaban J connectivity index is 0.000000424. The van der Waals surface area contributed by atoms with Gasteiger partial charge in [0.15, 0.2) is 0 Å². The first kappa shape index (κ1) is 11.6. The van der Waals surface area contributed by atoms with Crippen molar-refractivity contribution in [3.63, 3.8) is 0 Å². The van der Waals surface area contributed by atoms with Crippen molar-refractivity contribution in [1.29, 1.82) is 0 Å². The first-order valence-corrected chi connectivity index (χ1v) is 4.17. The molecular formula is C11H14O2. The summed E-state index contributed by atoms with van der Waals surface area (Å²) in [4.78, 5) is 16.2. The van der Waals surface area contributed by atoms with Crippen molar-refractivity contribution in [2.75, 3.05) is 0 Å². The van der Waals surface area contributed by atoms with Crippen molar-refractivity contribution in [3.8, 4) is 0 Å². The number of hydrogen-bond donors (Lipinski definition) is 0. The van der Waals surface area contributed by atoms with Crippen molar-refractivity contribution in [2.45, 2.75) is 26.7 Å². The summed E-state index contributed by atoms with van der Waals surface area (Å²) in [6.07, 6.45) is 0.250. The summed E-state index contributed by atoms with van der Waals surface area (Å²) in [5.41, 5.74) is 2.78. The number of benzene rings is 1. The van der Waals surface area contributed by atoms with Crippen LogP contribution in [0.2, 0.25) is 0 Å². The lowest BCUT2D eigenvalue weighted by molar-refractivity contribution is -0.191. The Morgan fingerprint density at radius 3 is 2.08 bits per heavy atom. The maximum atomic E-state index is 8.12. The van der Waals surface area contributed by atoms with Gasteiger partial charge in [-0.2, -0.15) is 9.59 Å². The molecule has 0 N–H and O–H groups in total. The summed E-state index contributed by atoms with van der Waals surface area (Å²) in [7, 11) is 0. The van der Waals surface area contributed by atoms with Crippen molar-refractivity contribution in [3.05, 3.63) is 35.4 Å². The molecule has 2 nitrogen and oxygen atoms in total. The summed E-state index contributed by atoms with van der Waals surface area (Å²) in [5.74, 6) is 0.653. The molecule has 0 bridgehead atoms. The van der Waals surface area contributed by atoms with Gasteiger partial charge in [0.1, 0.15) is 0 Å². The number of aryl methyl sites for hydroxylation is 1. The van der Waals surface area contributed by atoms with E-state index >= 15 is 0 Å². The summed E-state index contributed by atoms with van der Waals surface area (Å²) in [6.45, 7) is 6.56. The second kappa shape index (κ2) is 6.15. The number of rotatable bonds is 1. The quantitative estimate of drug-likeness (QED) is 0.662. The fourth-order valence-corrected chi connectivity index (χ4v) is 1.03. The predicted molar refractivity (Wildman–Crippen MR) is 50.3 cm³/mol. The Kier molecular flexibility index (Phi) is 5.49. The summed E-state index contributed by atoms with van der Waals surface area (Å²) in [5, 5.41) is 0. The maximum Gasteiger partial charge on any atom is 0.373 e. The molecule has 0 amide bonds. The van der Waals surface area contributed by atoms with E-state index in [-0.39, 0.29) is 6.15 Å². The molecule has 0 heterocycles. The average Bonchev–Trinajstić information content (AvgIpc) is 2.05. The molecule has 1 rings (SSSR count). The van der Waals surface area contributed by atoms with Crippen LogP contribution in [0.4, 0.5) is 0 Å². The highest BCUT2D eigenvalue weighted by atomic mass is 16.2. The molecule has 0 radical (unpaired) electrons. The predicted octanol–water partition coefficient (Wildman–Crippen LogP) is 2.53. The second-order valence-electron chi connectivity index (χ2n) is 3.15. The third-order valence-corrected chi connectivity index (χ3v) is 1.71. The lowest BCUT2D eigenvalue weighted by Crippen LogP contribution is -1.86. The van der Waals surface area contributed by atoms with E-state index in [0.29, 0.717) is 5.92 Å². The molecule has 0 unspecified atom stereocenters. The maximum absolute atomic E-state index is 8.12. The zero-order valence-corrected chi connectivity index (χ0v) is 8.20. The zero-order valence-electron chi connectivity index (χ0n) is 8.20. The van der Waals surface area contributed by atoms with Gasteiger partial charge >= 0.3 is 6.15 Å². The first-order chi connectivity index (χ1) is 6.11. The smallest absolute Gasteiger partial charge is 0.186 e. The summed E-state index contributed by atoms with van der Waals surface area (Å²) < 4.78 is 0. The molecule has 0 saturated heterocycles. The Hall–Kier alpha value is -1.40. The molecule has 0 spiro atoms. The van der Waals surface area contributed by atoms with Gasteiger partial charge in [0, 0.05) is 0 Å². The van der Waals surface area contributed by atoms with Gasteiger partial charge < -0.3 is 0 Å². The van der Waals surface area contributed by atoms with Crippen molar-refractivity contribution < 1.29 is 9.59 Å². The highest BCUT2D eigenvalue weighted by molar-refractivity contribution is 5.24. The number of hydrogen-bond acceptors (Lipinski definition) is 2. The van der Waals surface area contributed by atoms with E-state index in [1.54, 1.807) is 0 Å². The largest absolute Gasteiger partial charge is 0.373 e. The van der Waals surface area contributed by atoms with Crippen LogP contribution in [0.15, 0.2) is 24.3 Å². The van der Waals surface area contributed by atoms with Gasteiger partial charge in [0.05, 0.1) is 0 Å². The Bertz CT molecular complexity index is 284. The number of carbonyl (C=O) groups excluding carboxylic acids is 2. The van der Waals surface area contributed by atoms with E-state index in [0.717, 1.165) is 0 Å². The lowest BCUT2D eigenvalue weighted by Gasteiger charge is -2.04. The van der Waals surface area contributed by atoms with Gasteiger partial charge in [-0.25, -0.2) is 0 Å². The molecule has 13 heavy (non-hydrogen) atoms. The molecule has 1 aromatic carbocycles. The van der Waals surface area contributed by atoms with Crippen LogP contribution in [-0.4, -0.2) is 6.15 Å². The van der Waals surface area contributed by atoms with Gasteiger partial charge in [-0.05, 0) is 18.4 Å². The average molecular weight is 178 g/mol. The highest BCUT2D eigenvalue weighted by Crippen LogP contribution is 2.14. The van der Waals surface area contributed by atoms with Gasteiger partial charge in [0.25, 0.3) is 0 Å². The molecule has 0 saturated carbocycles. The van der Waals surface area contributed by atoms with Gasteiger partial charge in [-0.3, -0.25) is 0 Å². The summed E-state index contributed by atoms with van der Waals surface area (Å²) >= 11 is 0. The van der Waals surface area contributed by atoms with Gasteiger partial charge in [-0.15, -0.1) is 0 Å². The minimum Gasteiger partial charge on any atom is -0.186 e. The van der Waals surface area contributed by atoms with Crippen LogP contribution in [0.1, 0.15) is 30.9 Å². The fraction of sp³-hybridized carbons (Fsp3) is 0.364. The monoisotopic (exact) mass is 178 g/mol. The van der Waals surface area contributed by atoms with Gasteiger partial charge in [-0.1, -0.05) is 43.7 Å². The van der Waals surface area contributed by atoms with E-state index in [9.17, 15) is 0 Å². The SMILES string of the molecule is Cc1cccc(C(C)C)c1.O=C=O. The summed E-state index contributed by atoms with van der Waals surface area (Å²) in [6, 6.07) is 8.67. The van der Waals surface area contributed by atoms with E-state index in [2.05, 4.69) is 45.0 Å². The molecule has 0 aliphatic rings. The lowest BCUT2D eigenvalue weighted by atomic mass is 10.0. The van der Waals surface area contributed by atoms with E-state index in [1.807, 2.05) is 0 Å². The topological polar surface area (TPSA) is 34.1 Å². The van der Waals surface area contributed by atoms with Crippen LogP contribution < -0.4 is 0 Å². The molecule has 0 aromatic heterocycles. The van der Waals surface area contributed by atoms with E-state index in [4.69, 9.17) is 9.59 Å².